The van der Waals surface area contributed by atoms with Crippen LogP contribution in [0.1, 0.15) is 5.56 Å². The molecular weight excluding hydrogens is 231 g/mol. The zero-order valence-corrected chi connectivity index (χ0v) is 9.76. The summed E-state index contributed by atoms with van der Waals surface area (Å²) in [6, 6.07) is 8.58. The Morgan fingerprint density at radius 1 is 1.22 bits per heavy atom. The highest BCUT2D eigenvalue weighted by Crippen LogP contribution is 2.21. The molecule has 0 radical (unpaired) electrons. The zero-order valence-electron chi connectivity index (χ0n) is 9.76. The van der Waals surface area contributed by atoms with Crippen LogP contribution in [0.3, 0.4) is 0 Å². The largest absolute Gasteiger partial charge is 0.398 e. The first-order valence-electron chi connectivity index (χ1n) is 5.52. The van der Waals surface area contributed by atoms with Crippen LogP contribution in [0, 0.1) is 12.7 Å². The molecule has 90 valence electrons. The fourth-order valence-electron chi connectivity index (χ4n) is 1.76. The first kappa shape index (κ1) is 10.7. The molecule has 0 amide bonds. The van der Waals surface area contributed by atoms with Crippen LogP contribution < -0.4 is 5.73 Å². The van der Waals surface area contributed by atoms with Crippen LogP contribution in [0.5, 0.6) is 0 Å². The number of fused-ring (bicyclic) bond motifs is 1. The molecule has 0 fully saturated rings. The molecule has 2 N–H and O–H groups in total. The molecule has 0 aliphatic carbocycles. The maximum Gasteiger partial charge on any atom is 0.182 e. The van der Waals surface area contributed by atoms with Crippen molar-refractivity contribution in [3.63, 3.8) is 0 Å². The maximum absolute atomic E-state index is 13.1. The van der Waals surface area contributed by atoms with E-state index in [2.05, 4.69) is 10.1 Å². The Morgan fingerprint density at radius 2 is 2.06 bits per heavy atom. The van der Waals surface area contributed by atoms with E-state index in [0.717, 1.165) is 11.1 Å². The fourth-order valence-corrected chi connectivity index (χ4v) is 1.76. The summed E-state index contributed by atoms with van der Waals surface area (Å²) in [5.74, 6) is 0.190. The van der Waals surface area contributed by atoms with Crippen LogP contribution in [0.15, 0.2) is 36.5 Å². The van der Waals surface area contributed by atoms with Crippen molar-refractivity contribution < 1.29 is 4.39 Å². The van der Waals surface area contributed by atoms with Crippen molar-refractivity contribution >= 4 is 11.3 Å². The molecule has 3 rings (SSSR count). The van der Waals surface area contributed by atoms with E-state index in [1.807, 2.05) is 25.1 Å². The predicted molar refractivity (Wildman–Crippen MR) is 67.5 cm³/mol. The second-order valence-electron chi connectivity index (χ2n) is 4.16. The minimum Gasteiger partial charge on any atom is -0.398 e. The summed E-state index contributed by atoms with van der Waals surface area (Å²) in [5.41, 5.74) is 8.98. The number of anilines is 1. The van der Waals surface area contributed by atoms with E-state index >= 15 is 0 Å². The maximum atomic E-state index is 13.1. The van der Waals surface area contributed by atoms with Crippen molar-refractivity contribution in [3.05, 3.63) is 47.9 Å². The van der Waals surface area contributed by atoms with Crippen molar-refractivity contribution in [1.29, 1.82) is 0 Å². The number of nitrogen functional groups attached to an aromatic ring is 1. The molecule has 5 heteroatoms. The first-order chi connectivity index (χ1) is 8.63. The van der Waals surface area contributed by atoms with Gasteiger partial charge < -0.3 is 5.73 Å². The smallest absolute Gasteiger partial charge is 0.182 e. The monoisotopic (exact) mass is 242 g/mol. The summed E-state index contributed by atoms with van der Waals surface area (Å²) in [7, 11) is 0. The second-order valence-corrected chi connectivity index (χ2v) is 4.16. The van der Waals surface area contributed by atoms with Crippen molar-refractivity contribution in [1.82, 2.24) is 14.6 Å². The Bertz CT molecular complexity index is 733. The molecule has 0 atom stereocenters. The van der Waals surface area contributed by atoms with Gasteiger partial charge in [-0.25, -0.2) is 13.9 Å². The van der Waals surface area contributed by atoms with Gasteiger partial charge in [-0.3, -0.25) is 0 Å². The fraction of sp³-hybridized carbons (Fsp3) is 0.0769. The van der Waals surface area contributed by atoms with Crippen LogP contribution >= 0.6 is 0 Å². The van der Waals surface area contributed by atoms with Crippen LogP contribution in [-0.4, -0.2) is 14.6 Å². The van der Waals surface area contributed by atoms with Crippen LogP contribution in [0.4, 0.5) is 10.1 Å². The van der Waals surface area contributed by atoms with Gasteiger partial charge in [0.15, 0.2) is 11.5 Å². The molecule has 0 spiro atoms. The highest BCUT2D eigenvalue weighted by Gasteiger charge is 2.07. The number of nitrogens with two attached hydrogens (primary N) is 1. The van der Waals surface area contributed by atoms with Gasteiger partial charge in [-0.1, -0.05) is 12.1 Å². The molecule has 0 saturated heterocycles. The lowest BCUT2D eigenvalue weighted by molar-refractivity contribution is 0.615. The third-order valence-corrected chi connectivity index (χ3v) is 2.83. The van der Waals surface area contributed by atoms with E-state index in [1.54, 1.807) is 6.07 Å². The van der Waals surface area contributed by atoms with Crippen molar-refractivity contribution in [2.45, 2.75) is 6.92 Å². The molecule has 4 nitrogen and oxygen atoms in total. The quantitative estimate of drug-likeness (QED) is 0.667. The Labute approximate surface area is 103 Å². The highest BCUT2D eigenvalue weighted by molar-refractivity contribution is 5.65. The standard InChI is InChI=1S/C13H11FN4/c1-8-2-3-9(6-11(8)15)13-16-12-5-4-10(14)7-18(12)17-13/h2-7H,15H2,1H3. The van der Waals surface area contributed by atoms with Crippen LogP contribution in [0.25, 0.3) is 17.0 Å². The molecule has 3 aromatic rings. The molecule has 1 aromatic carbocycles. The lowest BCUT2D eigenvalue weighted by Crippen LogP contribution is -1.91. The van der Waals surface area contributed by atoms with Gasteiger partial charge in [-0.15, -0.1) is 5.10 Å². The summed E-state index contributed by atoms with van der Waals surface area (Å²) < 4.78 is 14.5. The average molecular weight is 242 g/mol. The third kappa shape index (κ3) is 1.69. The lowest BCUT2D eigenvalue weighted by atomic mass is 10.1. The van der Waals surface area contributed by atoms with E-state index in [1.165, 1.54) is 16.8 Å². The first-order valence-corrected chi connectivity index (χ1v) is 5.52. The summed E-state index contributed by atoms with van der Waals surface area (Å²) in [6.45, 7) is 1.94. The number of aromatic nitrogens is 3. The molecule has 0 aliphatic heterocycles. The number of benzene rings is 1. The highest BCUT2D eigenvalue weighted by atomic mass is 19.1. The van der Waals surface area contributed by atoms with E-state index in [0.29, 0.717) is 17.2 Å². The minimum atomic E-state index is -0.345. The minimum absolute atomic E-state index is 0.345. The Morgan fingerprint density at radius 3 is 2.83 bits per heavy atom. The normalized spacial score (nSPS) is 11.0. The van der Waals surface area contributed by atoms with Gasteiger partial charge in [0.05, 0.1) is 6.20 Å². The number of hydrogen-bond donors (Lipinski definition) is 1. The number of halogens is 1. The molecule has 2 aromatic heterocycles. The van der Waals surface area contributed by atoms with Crippen molar-refractivity contribution in [2.24, 2.45) is 0 Å². The second kappa shape index (κ2) is 3.80. The molecule has 2 heterocycles. The van der Waals surface area contributed by atoms with Crippen LogP contribution in [-0.2, 0) is 0 Å². The molecule has 0 aliphatic rings. The van der Waals surface area contributed by atoms with E-state index in [4.69, 9.17) is 5.73 Å². The Hall–Kier alpha value is -2.43. The molecule has 0 unspecified atom stereocenters. The molecule has 18 heavy (non-hydrogen) atoms. The van der Waals surface area contributed by atoms with Crippen molar-refractivity contribution in [3.8, 4) is 11.4 Å². The van der Waals surface area contributed by atoms with Crippen LogP contribution in [0.2, 0.25) is 0 Å². The summed E-state index contributed by atoms with van der Waals surface area (Å²) in [4.78, 5) is 4.32. The van der Waals surface area contributed by atoms with Gasteiger partial charge >= 0.3 is 0 Å². The third-order valence-electron chi connectivity index (χ3n) is 2.83. The predicted octanol–water partition coefficient (Wildman–Crippen LogP) is 2.43. The zero-order chi connectivity index (χ0) is 12.7. The van der Waals surface area contributed by atoms with Gasteiger partial charge in [0.2, 0.25) is 0 Å². The van der Waals surface area contributed by atoms with Gasteiger partial charge in [-0.05, 0) is 30.7 Å². The topological polar surface area (TPSA) is 56.2 Å². The number of aryl methyl sites for hydroxylation is 1. The molecule has 0 saturated carbocycles. The van der Waals surface area contributed by atoms with Crippen molar-refractivity contribution in [2.75, 3.05) is 5.73 Å². The molecule has 0 bridgehead atoms. The summed E-state index contributed by atoms with van der Waals surface area (Å²) in [5, 5.41) is 4.22. The number of pyridine rings is 1. The Kier molecular flexibility index (Phi) is 2.26. The SMILES string of the molecule is Cc1ccc(-c2nc3ccc(F)cn3n2)cc1N. The van der Waals surface area contributed by atoms with E-state index in [9.17, 15) is 4.39 Å². The van der Waals surface area contributed by atoms with E-state index in [-0.39, 0.29) is 5.82 Å². The van der Waals surface area contributed by atoms with Gasteiger partial charge in [-0.2, -0.15) is 0 Å². The lowest BCUT2D eigenvalue weighted by Gasteiger charge is -2.00. The van der Waals surface area contributed by atoms with Gasteiger partial charge in [0.1, 0.15) is 5.82 Å². The summed E-state index contributed by atoms with van der Waals surface area (Å²) in [6.07, 6.45) is 1.30. The Balaban J connectivity index is 2.16. The molecular formula is C13H11FN4. The van der Waals surface area contributed by atoms with Gasteiger partial charge in [0, 0.05) is 11.3 Å². The average Bonchev–Trinajstić information content (AvgIpc) is 2.75. The number of rotatable bonds is 1. The summed E-state index contributed by atoms with van der Waals surface area (Å²) >= 11 is 0. The number of nitrogens with zero attached hydrogens (tertiary/aromatic N) is 3. The van der Waals surface area contributed by atoms with E-state index < -0.39 is 0 Å². The number of hydrogen-bond acceptors (Lipinski definition) is 3. The van der Waals surface area contributed by atoms with Gasteiger partial charge in [0.25, 0.3) is 0 Å².